The maximum Gasteiger partial charge on any atom is 0.238 e. The number of anilines is 1. The van der Waals surface area contributed by atoms with E-state index in [4.69, 9.17) is 18.0 Å². The first-order valence-corrected chi connectivity index (χ1v) is 6.89. The van der Waals surface area contributed by atoms with Gasteiger partial charge in [0.15, 0.2) is 0 Å². The SMILES string of the molecule is Cc1cc(NC(=O)C2(C(N)=S)CCC2)ncc1Br. The number of pyridine rings is 1. The lowest BCUT2D eigenvalue weighted by atomic mass is 9.68. The molecule has 0 aliphatic heterocycles. The van der Waals surface area contributed by atoms with Crippen LogP contribution in [-0.4, -0.2) is 15.9 Å². The van der Waals surface area contributed by atoms with Crippen LogP contribution in [0.4, 0.5) is 5.82 Å². The van der Waals surface area contributed by atoms with Gasteiger partial charge in [0, 0.05) is 10.7 Å². The molecule has 0 aromatic carbocycles. The molecule has 4 nitrogen and oxygen atoms in total. The van der Waals surface area contributed by atoms with Gasteiger partial charge in [0.25, 0.3) is 0 Å². The van der Waals surface area contributed by atoms with Crippen LogP contribution in [0.15, 0.2) is 16.7 Å². The van der Waals surface area contributed by atoms with Crippen molar-refractivity contribution in [3.63, 3.8) is 0 Å². The summed E-state index contributed by atoms with van der Waals surface area (Å²) in [7, 11) is 0. The van der Waals surface area contributed by atoms with E-state index in [0.29, 0.717) is 5.82 Å². The summed E-state index contributed by atoms with van der Waals surface area (Å²) in [5.41, 5.74) is 6.03. The average Bonchev–Trinajstić information content (AvgIpc) is 2.21. The summed E-state index contributed by atoms with van der Waals surface area (Å²) in [6, 6.07) is 1.81. The van der Waals surface area contributed by atoms with Crippen molar-refractivity contribution in [1.82, 2.24) is 4.98 Å². The third-order valence-electron chi connectivity index (χ3n) is 3.40. The number of rotatable bonds is 3. The zero-order valence-electron chi connectivity index (χ0n) is 10.00. The number of hydrogen-bond donors (Lipinski definition) is 2. The molecule has 96 valence electrons. The predicted molar refractivity (Wildman–Crippen MR) is 78.4 cm³/mol. The van der Waals surface area contributed by atoms with E-state index in [1.807, 2.05) is 13.0 Å². The molecule has 1 aromatic heterocycles. The van der Waals surface area contributed by atoms with Crippen LogP contribution in [0.3, 0.4) is 0 Å². The second-order valence-corrected chi connectivity index (χ2v) is 5.87. The first kappa shape index (κ1) is 13.4. The van der Waals surface area contributed by atoms with Gasteiger partial charge in [-0.25, -0.2) is 4.98 Å². The van der Waals surface area contributed by atoms with Crippen LogP contribution < -0.4 is 11.1 Å². The van der Waals surface area contributed by atoms with Gasteiger partial charge in [0.2, 0.25) is 5.91 Å². The second-order valence-electron chi connectivity index (χ2n) is 4.57. The van der Waals surface area contributed by atoms with Crippen molar-refractivity contribution in [3.05, 3.63) is 22.3 Å². The van der Waals surface area contributed by atoms with E-state index in [1.54, 1.807) is 6.20 Å². The summed E-state index contributed by atoms with van der Waals surface area (Å²) in [4.78, 5) is 16.6. The highest BCUT2D eigenvalue weighted by Crippen LogP contribution is 2.42. The number of aromatic nitrogens is 1. The molecule has 0 spiro atoms. The Hall–Kier alpha value is -1.01. The van der Waals surface area contributed by atoms with Crippen molar-refractivity contribution < 1.29 is 4.79 Å². The average molecular weight is 328 g/mol. The maximum absolute atomic E-state index is 12.2. The number of nitrogens with one attached hydrogen (secondary N) is 1. The number of nitrogens with two attached hydrogens (primary N) is 1. The molecule has 1 saturated carbocycles. The first-order valence-electron chi connectivity index (χ1n) is 5.69. The molecule has 0 radical (unpaired) electrons. The Morgan fingerprint density at radius 2 is 2.28 bits per heavy atom. The number of hydrogen-bond acceptors (Lipinski definition) is 3. The maximum atomic E-state index is 12.2. The van der Waals surface area contributed by atoms with E-state index in [2.05, 4.69) is 26.2 Å². The lowest BCUT2D eigenvalue weighted by Crippen LogP contribution is -2.50. The van der Waals surface area contributed by atoms with Crippen LogP contribution in [0, 0.1) is 12.3 Å². The van der Waals surface area contributed by atoms with E-state index in [0.717, 1.165) is 29.3 Å². The number of aryl methyl sites for hydroxylation is 1. The van der Waals surface area contributed by atoms with Gasteiger partial charge >= 0.3 is 0 Å². The second kappa shape index (κ2) is 4.93. The molecule has 1 aliphatic rings. The minimum Gasteiger partial charge on any atom is -0.392 e. The Morgan fingerprint density at radius 3 is 2.72 bits per heavy atom. The van der Waals surface area contributed by atoms with Crippen LogP contribution in [0.25, 0.3) is 0 Å². The minimum absolute atomic E-state index is 0.143. The van der Waals surface area contributed by atoms with Crippen LogP contribution in [0.5, 0.6) is 0 Å². The molecule has 1 heterocycles. The van der Waals surface area contributed by atoms with E-state index < -0.39 is 5.41 Å². The Balaban J connectivity index is 2.16. The molecular formula is C12H14BrN3OS. The number of amides is 1. The number of nitrogens with zero attached hydrogens (tertiary/aromatic N) is 1. The topological polar surface area (TPSA) is 68.0 Å². The number of halogens is 1. The summed E-state index contributed by atoms with van der Waals surface area (Å²) >= 11 is 8.38. The van der Waals surface area contributed by atoms with Gasteiger partial charge in [-0.15, -0.1) is 0 Å². The molecule has 1 aromatic rings. The molecule has 0 bridgehead atoms. The van der Waals surface area contributed by atoms with Gasteiger partial charge in [-0.3, -0.25) is 4.79 Å². The largest absolute Gasteiger partial charge is 0.392 e. The molecule has 1 amide bonds. The summed E-state index contributed by atoms with van der Waals surface area (Å²) in [6.45, 7) is 1.94. The molecule has 0 saturated heterocycles. The Bertz CT molecular complexity index is 514. The van der Waals surface area contributed by atoms with E-state index >= 15 is 0 Å². The molecular weight excluding hydrogens is 314 g/mol. The highest BCUT2D eigenvalue weighted by Gasteiger charge is 2.47. The molecule has 6 heteroatoms. The fraction of sp³-hybridized carbons (Fsp3) is 0.417. The Kier molecular flexibility index (Phi) is 3.68. The summed E-state index contributed by atoms with van der Waals surface area (Å²) in [6.07, 6.45) is 4.10. The highest BCUT2D eigenvalue weighted by atomic mass is 79.9. The summed E-state index contributed by atoms with van der Waals surface area (Å²) in [5, 5.41) is 2.80. The van der Waals surface area contributed by atoms with Gasteiger partial charge in [-0.05, 0) is 47.3 Å². The number of thiocarbonyl (C=S) groups is 1. The third-order valence-corrected chi connectivity index (χ3v) is 4.62. The normalized spacial score (nSPS) is 16.8. The minimum atomic E-state index is -0.669. The van der Waals surface area contributed by atoms with E-state index in [9.17, 15) is 4.79 Å². The van der Waals surface area contributed by atoms with Crippen molar-refractivity contribution in [2.24, 2.45) is 11.1 Å². The van der Waals surface area contributed by atoms with Crippen LogP contribution >= 0.6 is 28.1 Å². The summed E-state index contributed by atoms with van der Waals surface area (Å²) < 4.78 is 0.910. The van der Waals surface area contributed by atoms with Crippen molar-refractivity contribution in [3.8, 4) is 0 Å². The van der Waals surface area contributed by atoms with Crippen molar-refractivity contribution in [2.45, 2.75) is 26.2 Å². The predicted octanol–water partition coefficient (Wildman–Crippen LogP) is 2.55. The van der Waals surface area contributed by atoms with Gasteiger partial charge in [-0.1, -0.05) is 18.6 Å². The van der Waals surface area contributed by atoms with Crippen LogP contribution in [-0.2, 0) is 4.79 Å². The fourth-order valence-corrected chi connectivity index (χ4v) is 2.47. The lowest BCUT2D eigenvalue weighted by Gasteiger charge is -2.38. The monoisotopic (exact) mass is 327 g/mol. The number of carbonyl (C=O) groups is 1. The molecule has 1 aliphatic carbocycles. The first-order chi connectivity index (χ1) is 8.45. The molecule has 0 unspecified atom stereocenters. The van der Waals surface area contributed by atoms with E-state index in [-0.39, 0.29) is 10.9 Å². The molecule has 0 atom stereocenters. The van der Waals surface area contributed by atoms with Crippen molar-refractivity contribution in [2.75, 3.05) is 5.32 Å². The third kappa shape index (κ3) is 2.27. The Labute approximate surface area is 119 Å². The van der Waals surface area contributed by atoms with Crippen molar-refractivity contribution >= 4 is 44.9 Å². The number of carbonyl (C=O) groups excluding carboxylic acids is 1. The van der Waals surface area contributed by atoms with Crippen LogP contribution in [0.2, 0.25) is 0 Å². The van der Waals surface area contributed by atoms with Gasteiger partial charge in [0.05, 0.1) is 10.4 Å². The zero-order chi connectivity index (χ0) is 13.3. The standard InChI is InChI=1S/C12H14BrN3OS/c1-7-5-9(15-6-8(7)13)16-11(17)12(10(14)18)3-2-4-12/h5-6H,2-4H2,1H3,(H2,14,18)(H,15,16,17). The zero-order valence-corrected chi connectivity index (χ0v) is 12.4. The van der Waals surface area contributed by atoms with Gasteiger partial charge < -0.3 is 11.1 Å². The fourth-order valence-electron chi connectivity index (χ4n) is 1.96. The molecule has 3 N–H and O–H groups in total. The lowest BCUT2D eigenvalue weighted by molar-refractivity contribution is -0.125. The quantitative estimate of drug-likeness (QED) is 0.837. The Morgan fingerprint density at radius 1 is 1.61 bits per heavy atom. The molecule has 2 rings (SSSR count). The van der Waals surface area contributed by atoms with Crippen molar-refractivity contribution in [1.29, 1.82) is 0 Å². The molecule has 1 fully saturated rings. The molecule has 18 heavy (non-hydrogen) atoms. The van der Waals surface area contributed by atoms with Crippen LogP contribution in [0.1, 0.15) is 24.8 Å². The van der Waals surface area contributed by atoms with Gasteiger partial charge in [-0.2, -0.15) is 0 Å². The van der Waals surface area contributed by atoms with Gasteiger partial charge in [0.1, 0.15) is 5.82 Å². The highest BCUT2D eigenvalue weighted by molar-refractivity contribution is 9.10. The smallest absolute Gasteiger partial charge is 0.238 e. The van der Waals surface area contributed by atoms with E-state index in [1.165, 1.54) is 0 Å². The summed E-state index contributed by atoms with van der Waals surface area (Å²) in [5.74, 6) is 0.388.